The topological polar surface area (TPSA) is 112 Å². The first kappa shape index (κ1) is 19.5. The summed E-state index contributed by atoms with van der Waals surface area (Å²) in [5.74, 6) is 1.30. The predicted octanol–water partition coefficient (Wildman–Crippen LogP) is 2.21. The van der Waals surface area contributed by atoms with Gasteiger partial charge in [0.25, 0.3) is 0 Å². The summed E-state index contributed by atoms with van der Waals surface area (Å²) in [5.41, 5.74) is 0.744. The third-order valence-electron chi connectivity index (χ3n) is 3.55. The van der Waals surface area contributed by atoms with Crippen molar-refractivity contribution in [2.45, 2.75) is 6.61 Å². The van der Waals surface area contributed by atoms with Crippen LogP contribution in [0.4, 0.5) is 0 Å². The van der Waals surface area contributed by atoms with Gasteiger partial charge in [-0.2, -0.15) is 5.10 Å². The fourth-order valence-corrected chi connectivity index (χ4v) is 2.86. The Kier molecular flexibility index (Phi) is 6.33. The lowest BCUT2D eigenvalue weighted by atomic mass is 10.2. The lowest BCUT2D eigenvalue weighted by Crippen LogP contribution is -2.19. The van der Waals surface area contributed by atoms with E-state index >= 15 is 0 Å². The van der Waals surface area contributed by atoms with Gasteiger partial charge in [0.15, 0.2) is 16.7 Å². The number of nitrogens with one attached hydrogen (secondary N) is 1. The molecule has 2 heterocycles. The molecule has 0 radical (unpaired) electrons. The van der Waals surface area contributed by atoms with E-state index in [1.807, 2.05) is 0 Å². The summed E-state index contributed by atoms with van der Waals surface area (Å²) in [6.45, 7) is 0.116. The first-order chi connectivity index (χ1) is 13.6. The number of nitrogens with zero attached hydrogens (tertiary/aromatic N) is 2. The molecule has 9 nitrogen and oxygen atoms in total. The third kappa shape index (κ3) is 4.92. The van der Waals surface area contributed by atoms with Gasteiger partial charge in [-0.05, 0) is 35.9 Å². The number of hydrogen-bond acceptors (Lipinski definition) is 9. The van der Waals surface area contributed by atoms with E-state index in [2.05, 4.69) is 20.3 Å². The molecule has 3 rings (SSSR count). The van der Waals surface area contributed by atoms with E-state index in [0.717, 1.165) is 5.56 Å². The van der Waals surface area contributed by atoms with Crippen molar-refractivity contribution in [2.24, 2.45) is 10.2 Å². The second kappa shape index (κ2) is 9.09. The van der Waals surface area contributed by atoms with E-state index in [4.69, 9.17) is 13.9 Å². The molecule has 10 heteroatoms. The van der Waals surface area contributed by atoms with E-state index in [9.17, 15) is 9.59 Å². The van der Waals surface area contributed by atoms with E-state index < -0.39 is 5.97 Å². The molecule has 146 valence electrons. The summed E-state index contributed by atoms with van der Waals surface area (Å²) in [7, 11) is 2.81. The first-order valence-electron chi connectivity index (χ1n) is 8.10. The van der Waals surface area contributed by atoms with Crippen LogP contribution in [0.5, 0.6) is 11.5 Å². The normalized spacial score (nSPS) is 15.1. The highest BCUT2D eigenvalue weighted by Gasteiger charge is 2.16. The molecule has 1 aliphatic rings. The Hall–Kier alpha value is -3.27. The van der Waals surface area contributed by atoms with Crippen LogP contribution in [0.1, 0.15) is 21.9 Å². The van der Waals surface area contributed by atoms with Crippen LogP contribution in [-0.4, -0.2) is 43.2 Å². The molecular weight excluding hydrogens is 386 g/mol. The molecule has 0 aliphatic carbocycles. The molecule has 0 saturated carbocycles. The summed E-state index contributed by atoms with van der Waals surface area (Å²) in [4.78, 5) is 22.5. The molecule has 1 amide bonds. The molecule has 1 aromatic carbocycles. The number of carbonyl (C=O) groups excluding carboxylic acids is 2. The summed E-state index contributed by atoms with van der Waals surface area (Å²) < 4.78 is 21.0. The Balaban J connectivity index is 1.63. The second-order valence-electron chi connectivity index (χ2n) is 5.44. The summed E-state index contributed by atoms with van der Waals surface area (Å²) in [6, 6.07) is 8.40. The first-order valence-corrected chi connectivity index (χ1v) is 9.09. The molecule has 1 fully saturated rings. The number of carbonyl (C=O) groups is 2. The van der Waals surface area contributed by atoms with Gasteiger partial charge in [-0.1, -0.05) is 11.8 Å². The van der Waals surface area contributed by atoms with E-state index in [1.54, 1.807) is 30.5 Å². The average molecular weight is 403 g/mol. The fourth-order valence-electron chi connectivity index (χ4n) is 2.23. The van der Waals surface area contributed by atoms with Gasteiger partial charge < -0.3 is 23.9 Å². The maximum atomic E-state index is 11.4. The molecule has 28 heavy (non-hydrogen) atoms. The van der Waals surface area contributed by atoms with Crippen molar-refractivity contribution in [1.29, 1.82) is 0 Å². The van der Waals surface area contributed by atoms with Crippen molar-refractivity contribution in [1.82, 2.24) is 5.32 Å². The molecule has 1 saturated heterocycles. The molecular formula is C18H17N3O6S. The van der Waals surface area contributed by atoms with Gasteiger partial charge >= 0.3 is 5.97 Å². The molecule has 2 aromatic rings. The fraction of sp³-hybridized carbons (Fsp3) is 0.222. The molecule has 1 aromatic heterocycles. The van der Waals surface area contributed by atoms with Crippen LogP contribution in [-0.2, 0) is 16.1 Å². The highest BCUT2D eigenvalue weighted by molar-refractivity contribution is 8.15. The summed E-state index contributed by atoms with van der Waals surface area (Å²) >= 11 is 1.30. The number of amides is 1. The van der Waals surface area contributed by atoms with Gasteiger partial charge in [-0.3, -0.25) is 4.79 Å². The van der Waals surface area contributed by atoms with Crippen molar-refractivity contribution in [3.8, 4) is 11.5 Å². The van der Waals surface area contributed by atoms with E-state index in [0.29, 0.717) is 28.2 Å². The van der Waals surface area contributed by atoms with Crippen molar-refractivity contribution < 1.29 is 28.2 Å². The van der Waals surface area contributed by atoms with Gasteiger partial charge in [-0.15, -0.1) is 5.10 Å². The molecule has 0 unspecified atom stereocenters. The number of hydrogen-bond donors (Lipinski definition) is 1. The van der Waals surface area contributed by atoms with Crippen molar-refractivity contribution in [3.05, 3.63) is 47.4 Å². The van der Waals surface area contributed by atoms with Crippen LogP contribution >= 0.6 is 11.8 Å². The summed E-state index contributed by atoms with van der Waals surface area (Å²) in [6.07, 6.45) is 1.54. The largest absolute Gasteiger partial charge is 0.493 e. The lowest BCUT2D eigenvalue weighted by molar-refractivity contribution is -0.116. The van der Waals surface area contributed by atoms with Crippen LogP contribution in [0.15, 0.2) is 45.0 Å². The highest BCUT2D eigenvalue weighted by Crippen LogP contribution is 2.28. The van der Waals surface area contributed by atoms with Gasteiger partial charge in [0.2, 0.25) is 11.7 Å². The maximum absolute atomic E-state index is 11.4. The quantitative estimate of drug-likeness (QED) is 0.428. The standard InChI is InChI=1S/C18H17N3O6S/c1-24-15-7-11(8-19-21-18-20-16(22)10-28-18)3-5-13(15)26-9-12-4-6-14(27-12)17(23)25-2/h3-8H,9-10H2,1-2H3,(H,20,21,22). The number of benzene rings is 1. The van der Waals surface area contributed by atoms with Crippen LogP contribution in [0.3, 0.4) is 0 Å². The van der Waals surface area contributed by atoms with Crippen LogP contribution < -0.4 is 14.8 Å². The van der Waals surface area contributed by atoms with Crippen LogP contribution in [0.2, 0.25) is 0 Å². The molecule has 1 aliphatic heterocycles. The number of furan rings is 1. The monoisotopic (exact) mass is 403 g/mol. The molecule has 1 N–H and O–H groups in total. The Morgan fingerprint density at radius 3 is 2.86 bits per heavy atom. The van der Waals surface area contributed by atoms with Crippen molar-refractivity contribution in [2.75, 3.05) is 20.0 Å². The Morgan fingerprint density at radius 1 is 1.29 bits per heavy atom. The number of esters is 1. The van der Waals surface area contributed by atoms with Crippen molar-refractivity contribution in [3.63, 3.8) is 0 Å². The van der Waals surface area contributed by atoms with Gasteiger partial charge in [0, 0.05) is 0 Å². The molecule has 0 spiro atoms. The lowest BCUT2D eigenvalue weighted by Gasteiger charge is -2.10. The van der Waals surface area contributed by atoms with Crippen LogP contribution in [0.25, 0.3) is 0 Å². The number of ether oxygens (including phenoxy) is 3. The summed E-state index contributed by atoms with van der Waals surface area (Å²) in [5, 5.41) is 11.0. The Morgan fingerprint density at radius 2 is 2.14 bits per heavy atom. The third-order valence-corrected chi connectivity index (χ3v) is 4.41. The van der Waals surface area contributed by atoms with E-state index in [1.165, 1.54) is 32.0 Å². The SMILES string of the molecule is COC(=O)c1ccc(COc2ccc(C=NN=C3NC(=O)CS3)cc2OC)o1. The second-order valence-corrected chi connectivity index (χ2v) is 6.41. The minimum absolute atomic E-state index is 0.0858. The molecule has 0 bridgehead atoms. The van der Waals surface area contributed by atoms with Gasteiger partial charge in [0.1, 0.15) is 12.4 Å². The number of rotatable bonds is 7. The van der Waals surface area contributed by atoms with Gasteiger partial charge in [-0.25, -0.2) is 4.79 Å². The minimum Gasteiger partial charge on any atom is -0.493 e. The number of amidine groups is 1. The van der Waals surface area contributed by atoms with Crippen molar-refractivity contribution >= 4 is 35.0 Å². The zero-order valence-electron chi connectivity index (χ0n) is 15.1. The number of thioether (sulfide) groups is 1. The Labute approximate surface area is 164 Å². The average Bonchev–Trinajstić information content (AvgIpc) is 3.35. The van der Waals surface area contributed by atoms with Gasteiger partial charge in [0.05, 0.1) is 26.2 Å². The predicted molar refractivity (Wildman–Crippen MR) is 103 cm³/mol. The van der Waals surface area contributed by atoms with E-state index in [-0.39, 0.29) is 18.3 Å². The maximum Gasteiger partial charge on any atom is 0.373 e. The number of methoxy groups -OCH3 is 2. The smallest absolute Gasteiger partial charge is 0.373 e. The minimum atomic E-state index is -0.549. The molecule has 0 atom stereocenters. The Bertz CT molecular complexity index is 937. The highest BCUT2D eigenvalue weighted by atomic mass is 32.2. The zero-order chi connectivity index (χ0) is 19.9. The zero-order valence-corrected chi connectivity index (χ0v) is 15.9. The van der Waals surface area contributed by atoms with Crippen LogP contribution in [0, 0.1) is 0 Å².